The van der Waals surface area contributed by atoms with Crippen LogP contribution in [-0.2, 0) is 0 Å². The largest absolute Gasteiger partial charge is 0.486 e. The van der Waals surface area contributed by atoms with Gasteiger partial charge in [0, 0.05) is 0 Å². The Labute approximate surface area is 120 Å². The first-order valence-corrected chi connectivity index (χ1v) is 7.70. The number of ether oxygens (including phenoxy) is 1. The van der Waals surface area contributed by atoms with E-state index in [1.807, 2.05) is 24.3 Å². The fourth-order valence-electron chi connectivity index (χ4n) is 3.34. The first kappa shape index (κ1) is 13.6. The Morgan fingerprint density at radius 2 is 2.00 bits per heavy atom. The average molecular weight is 273 g/mol. The van der Waals surface area contributed by atoms with Crippen LogP contribution in [0.5, 0.6) is 5.75 Å². The predicted octanol–water partition coefficient (Wildman–Crippen LogP) is 3.29. The lowest BCUT2D eigenvalue weighted by Gasteiger charge is -2.35. The van der Waals surface area contributed by atoms with Gasteiger partial charge in [0.1, 0.15) is 11.4 Å². The fraction of sp³-hybridized carbons (Fsp3) is 0.588. The summed E-state index contributed by atoms with van der Waals surface area (Å²) in [6, 6.07) is 7.60. The van der Waals surface area contributed by atoms with E-state index < -0.39 is 0 Å². The van der Waals surface area contributed by atoms with Crippen LogP contribution in [0.3, 0.4) is 0 Å². The lowest BCUT2D eigenvalue weighted by molar-refractivity contribution is 0.0442. The maximum absolute atomic E-state index is 12.2. The lowest BCUT2D eigenvalue weighted by atomic mass is 9.88. The van der Waals surface area contributed by atoms with Crippen molar-refractivity contribution in [3.8, 4) is 5.75 Å². The van der Waals surface area contributed by atoms with Crippen molar-refractivity contribution in [3.63, 3.8) is 0 Å². The Morgan fingerprint density at radius 3 is 2.80 bits per heavy atom. The molecule has 1 aromatic carbocycles. The van der Waals surface area contributed by atoms with Crippen LogP contribution in [0.2, 0.25) is 0 Å². The van der Waals surface area contributed by atoms with Crippen LogP contribution >= 0.6 is 0 Å². The summed E-state index contributed by atoms with van der Waals surface area (Å²) in [5.41, 5.74) is 0.412. The van der Waals surface area contributed by atoms with E-state index in [9.17, 15) is 4.79 Å². The number of benzene rings is 1. The Morgan fingerprint density at radius 1 is 1.25 bits per heavy atom. The SMILES string of the molecule is CC1(CCCN2CCCC2)CC(=O)c2ccccc2O1. The van der Waals surface area contributed by atoms with Crippen molar-refractivity contribution in [1.29, 1.82) is 0 Å². The van der Waals surface area contributed by atoms with Gasteiger partial charge in [-0.2, -0.15) is 0 Å². The molecule has 0 radical (unpaired) electrons. The summed E-state index contributed by atoms with van der Waals surface area (Å²) in [4.78, 5) is 14.7. The highest BCUT2D eigenvalue weighted by atomic mass is 16.5. The Kier molecular flexibility index (Phi) is 3.79. The van der Waals surface area contributed by atoms with E-state index in [4.69, 9.17) is 4.74 Å². The molecule has 1 aromatic rings. The molecule has 2 heterocycles. The van der Waals surface area contributed by atoms with Crippen LogP contribution < -0.4 is 4.74 Å². The molecule has 1 saturated heterocycles. The fourth-order valence-corrected chi connectivity index (χ4v) is 3.34. The number of para-hydroxylation sites is 1. The van der Waals surface area contributed by atoms with E-state index in [-0.39, 0.29) is 11.4 Å². The van der Waals surface area contributed by atoms with Gasteiger partial charge in [-0.3, -0.25) is 4.79 Å². The minimum Gasteiger partial charge on any atom is -0.486 e. The van der Waals surface area contributed by atoms with Crippen molar-refractivity contribution in [1.82, 2.24) is 4.90 Å². The summed E-state index contributed by atoms with van der Waals surface area (Å²) in [5.74, 6) is 0.975. The maximum Gasteiger partial charge on any atom is 0.170 e. The second-order valence-corrected chi connectivity index (χ2v) is 6.30. The normalized spacial score (nSPS) is 26.4. The summed E-state index contributed by atoms with van der Waals surface area (Å²) >= 11 is 0. The van der Waals surface area contributed by atoms with Crippen molar-refractivity contribution >= 4 is 5.78 Å². The van der Waals surface area contributed by atoms with Gasteiger partial charge in [-0.15, -0.1) is 0 Å². The van der Waals surface area contributed by atoms with Crippen LogP contribution in [0.25, 0.3) is 0 Å². The number of carbonyl (C=O) groups excluding carboxylic acids is 1. The first-order valence-electron chi connectivity index (χ1n) is 7.70. The molecule has 3 heteroatoms. The van der Waals surface area contributed by atoms with Crippen molar-refractivity contribution in [2.75, 3.05) is 19.6 Å². The molecular formula is C17H23NO2. The molecule has 0 spiro atoms. The van der Waals surface area contributed by atoms with Gasteiger partial charge in [-0.1, -0.05) is 12.1 Å². The molecule has 2 aliphatic heterocycles. The summed E-state index contributed by atoms with van der Waals surface area (Å²) in [7, 11) is 0. The molecule has 2 aliphatic rings. The van der Waals surface area contributed by atoms with E-state index in [0.717, 1.165) is 30.7 Å². The van der Waals surface area contributed by atoms with E-state index in [2.05, 4.69) is 11.8 Å². The van der Waals surface area contributed by atoms with Crippen LogP contribution in [-0.4, -0.2) is 35.9 Å². The molecule has 0 aliphatic carbocycles. The third kappa shape index (κ3) is 2.88. The van der Waals surface area contributed by atoms with Crippen molar-refractivity contribution in [2.24, 2.45) is 0 Å². The van der Waals surface area contributed by atoms with Gasteiger partial charge in [-0.25, -0.2) is 0 Å². The number of Topliss-reactive ketones (excluding diaryl/α,β-unsaturated/α-hetero) is 1. The molecular weight excluding hydrogens is 250 g/mol. The van der Waals surface area contributed by atoms with E-state index >= 15 is 0 Å². The van der Waals surface area contributed by atoms with E-state index in [1.165, 1.54) is 25.9 Å². The number of carbonyl (C=O) groups is 1. The molecule has 108 valence electrons. The van der Waals surface area contributed by atoms with E-state index in [0.29, 0.717) is 6.42 Å². The predicted molar refractivity (Wildman–Crippen MR) is 79.3 cm³/mol. The van der Waals surface area contributed by atoms with Gasteiger partial charge in [0.05, 0.1) is 12.0 Å². The van der Waals surface area contributed by atoms with Crippen molar-refractivity contribution in [2.45, 2.75) is 44.6 Å². The van der Waals surface area contributed by atoms with E-state index in [1.54, 1.807) is 0 Å². The molecule has 0 saturated carbocycles. The number of hydrogen-bond donors (Lipinski definition) is 0. The number of rotatable bonds is 4. The minimum absolute atomic E-state index is 0.218. The highest BCUT2D eigenvalue weighted by Crippen LogP contribution is 2.35. The summed E-state index contributed by atoms with van der Waals surface area (Å²) in [5, 5.41) is 0. The van der Waals surface area contributed by atoms with Gasteiger partial charge >= 0.3 is 0 Å². The van der Waals surface area contributed by atoms with Gasteiger partial charge in [0.2, 0.25) is 0 Å². The zero-order chi connectivity index (χ0) is 14.0. The summed E-state index contributed by atoms with van der Waals surface area (Å²) in [6.07, 6.45) is 5.22. The Balaban J connectivity index is 1.60. The van der Waals surface area contributed by atoms with Gasteiger partial charge in [-0.05, 0) is 64.4 Å². The number of fused-ring (bicyclic) bond motifs is 1. The average Bonchev–Trinajstić information content (AvgIpc) is 2.91. The highest BCUT2D eigenvalue weighted by Gasteiger charge is 2.35. The number of nitrogens with zero attached hydrogens (tertiary/aromatic N) is 1. The molecule has 1 unspecified atom stereocenters. The lowest BCUT2D eigenvalue weighted by Crippen LogP contribution is -2.39. The molecule has 3 rings (SSSR count). The Hall–Kier alpha value is -1.35. The quantitative estimate of drug-likeness (QED) is 0.843. The number of hydrogen-bond acceptors (Lipinski definition) is 3. The van der Waals surface area contributed by atoms with Crippen LogP contribution in [0, 0.1) is 0 Å². The molecule has 0 aromatic heterocycles. The molecule has 1 atom stereocenters. The zero-order valence-corrected chi connectivity index (χ0v) is 12.2. The molecule has 1 fully saturated rings. The Bertz CT molecular complexity index is 494. The molecule has 0 N–H and O–H groups in total. The molecule has 3 nitrogen and oxygen atoms in total. The smallest absolute Gasteiger partial charge is 0.170 e. The molecule has 0 bridgehead atoms. The maximum atomic E-state index is 12.2. The summed E-state index contributed by atoms with van der Waals surface area (Å²) in [6.45, 7) is 5.68. The van der Waals surface area contributed by atoms with Gasteiger partial charge < -0.3 is 9.64 Å². The van der Waals surface area contributed by atoms with Crippen LogP contribution in [0.15, 0.2) is 24.3 Å². The monoisotopic (exact) mass is 273 g/mol. The van der Waals surface area contributed by atoms with Gasteiger partial charge in [0.25, 0.3) is 0 Å². The zero-order valence-electron chi connectivity index (χ0n) is 12.2. The second-order valence-electron chi connectivity index (χ2n) is 6.30. The minimum atomic E-state index is -0.328. The van der Waals surface area contributed by atoms with Crippen molar-refractivity contribution in [3.05, 3.63) is 29.8 Å². The summed E-state index contributed by atoms with van der Waals surface area (Å²) < 4.78 is 6.12. The third-order valence-electron chi connectivity index (χ3n) is 4.46. The van der Waals surface area contributed by atoms with Crippen molar-refractivity contribution < 1.29 is 9.53 Å². The molecule has 20 heavy (non-hydrogen) atoms. The van der Waals surface area contributed by atoms with Crippen LogP contribution in [0.1, 0.15) is 49.4 Å². The number of ketones is 1. The topological polar surface area (TPSA) is 29.5 Å². The third-order valence-corrected chi connectivity index (χ3v) is 4.46. The molecule has 0 amide bonds. The first-order chi connectivity index (χ1) is 9.66. The highest BCUT2D eigenvalue weighted by molar-refractivity contribution is 6.00. The second kappa shape index (κ2) is 5.57. The number of likely N-dealkylation sites (tertiary alicyclic amines) is 1. The van der Waals surface area contributed by atoms with Gasteiger partial charge in [0.15, 0.2) is 5.78 Å². The standard InChI is InChI=1S/C17H23NO2/c1-17(9-6-12-18-10-4-5-11-18)13-15(19)14-7-2-3-8-16(14)20-17/h2-3,7-8H,4-6,9-13H2,1H3. The van der Waals surface area contributed by atoms with Crippen LogP contribution in [0.4, 0.5) is 0 Å².